The molecule has 0 radical (unpaired) electrons. The minimum Gasteiger partial charge on any atom is -0.259 e. The number of sulfonamides is 1. The summed E-state index contributed by atoms with van der Waals surface area (Å²) in [7, 11) is -4.97. The van der Waals surface area contributed by atoms with Crippen molar-refractivity contribution in [2.75, 3.05) is 12.8 Å². The van der Waals surface area contributed by atoms with Gasteiger partial charge in [-0.1, -0.05) is 12.5 Å². The fraction of sp³-hybridized carbons (Fsp3) is 0.500. The van der Waals surface area contributed by atoms with E-state index in [1.165, 1.54) is 18.2 Å². The number of hydrogen-bond donors (Lipinski definition) is 1. The highest BCUT2D eigenvalue weighted by molar-refractivity contribution is 7.89. The third kappa shape index (κ3) is 3.30. The number of nitrogens with one attached hydrogen (secondary N) is 1. The molecule has 0 saturated heterocycles. The lowest BCUT2D eigenvalue weighted by Crippen LogP contribution is -2.50. The van der Waals surface area contributed by atoms with Crippen molar-refractivity contribution in [3.8, 4) is 0 Å². The summed E-state index contributed by atoms with van der Waals surface area (Å²) in [5.41, 5.74) is -0.282. The van der Waals surface area contributed by atoms with Gasteiger partial charge in [0.15, 0.2) is 0 Å². The van der Waals surface area contributed by atoms with Gasteiger partial charge in [0.1, 0.15) is 0 Å². The summed E-state index contributed by atoms with van der Waals surface area (Å²) in [6.07, 6.45) is 3.93. The van der Waals surface area contributed by atoms with Crippen LogP contribution in [0.3, 0.4) is 0 Å². The van der Waals surface area contributed by atoms with Gasteiger partial charge in [-0.3, -0.25) is 14.3 Å². The number of rotatable bonds is 6. The van der Waals surface area contributed by atoms with Crippen molar-refractivity contribution in [1.29, 1.82) is 0 Å². The summed E-state index contributed by atoms with van der Waals surface area (Å²) in [5.74, 6) is 0. The van der Waals surface area contributed by atoms with Gasteiger partial charge in [0, 0.05) is 35.7 Å². The molecule has 116 valence electrons. The predicted molar refractivity (Wildman–Crippen MR) is 78.9 cm³/mol. The Morgan fingerprint density at radius 1 is 1.43 bits per heavy atom. The van der Waals surface area contributed by atoms with E-state index < -0.39 is 30.5 Å². The molecule has 1 unspecified atom stereocenters. The Kier molecular flexibility index (Phi) is 4.45. The van der Waals surface area contributed by atoms with Crippen molar-refractivity contribution < 1.29 is 17.6 Å². The maximum absolute atomic E-state index is 12.2. The van der Waals surface area contributed by atoms with E-state index in [1.54, 1.807) is 6.26 Å². The second kappa shape index (κ2) is 5.82. The summed E-state index contributed by atoms with van der Waals surface area (Å²) in [6, 6.07) is 4.86. The molecule has 1 aliphatic carbocycles. The quantitative estimate of drug-likeness (QED) is 0.622. The SMILES string of the molecule is CS(=O)C1(CNS(=O)(=O)c2cccc([N+](=O)[O-])c2)CCC1. The third-order valence-electron chi connectivity index (χ3n) is 3.80. The summed E-state index contributed by atoms with van der Waals surface area (Å²) in [4.78, 5) is 9.89. The number of nitrogens with zero attached hydrogens (tertiary/aromatic N) is 1. The zero-order valence-electron chi connectivity index (χ0n) is 11.4. The van der Waals surface area contributed by atoms with Gasteiger partial charge in [0.25, 0.3) is 5.69 Å². The Bertz CT molecular complexity index is 683. The molecule has 0 aromatic heterocycles. The Labute approximate surface area is 125 Å². The summed E-state index contributed by atoms with van der Waals surface area (Å²) >= 11 is 0. The Balaban J connectivity index is 2.17. The van der Waals surface area contributed by atoms with Crippen LogP contribution in [-0.2, 0) is 20.8 Å². The molecule has 0 aliphatic heterocycles. The van der Waals surface area contributed by atoms with Gasteiger partial charge >= 0.3 is 0 Å². The number of benzene rings is 1. The first-order valence-electron chi connectivity index (χ1n) is 6.34. The van der Waals surface area contributed by atoms with Crippen molar-refractivity contribution in [3.05, 3.63) is 34.4 Å². The maximum atomic E-state index is 12.2. The van der Waals surface area contributed by atoms with Crippen LogP contribution in [0.1, 0.15) is 19.3 Å². The Morgan fingerprint density at radius 3 is 2.57 bits per heavy atom. The van der Waals surface area contributed by atoms with Crippen LogP contribution < -0.4 is 4.72 Å². The number of non-ortho nitro benzene ring substituents is 1. The van der Waals surface area contributed by atoms with E-state index in [9.17, 15) is 22.7 Å². The van der Waals surface area contributed by atoms with E-state index in [0.717, 1.165) is 12.5 Å². The Hall–Kier alpha value is -1.32. The van der Waals surface area contributed by atoms with Crippen LogP contribution in [0.2, 0.25) is 0 Å². The molecule has 1 atom stereocenters. The van der Waals surface area contributed by atoms with Crippen LogP contribution in [0.5, 0.6) is 0 Å². The minimum absolute atomic E-state index is 0.0845. The van der Waals surface area contributed by atoms with Crippen LogP contribution in [-0.4, -0.2) is 35.1 Å². The van der Waals surface area contributed by atoms with Crippen molar-refractivity contribution in [2.24, 2.45) is 0 Å². The van der Waals surface area contributed by atoms with Gasteiger partial charge in [0.05, 0.1) is 14.6 Å². The van der Waals surface area contributed by atoms with E-state index >= 15 is 0 Å². The van der Waals surface area contributed by atoms with Crippen molar-refractivity contribution in [1.82, 2.24) is 4.72 Å². The van der Waals surface area contributed by atoms with Gasteiger partial charge in [-0.05, 0) is 18.9 Å². The first-order valence-corrected chi connectivity index (χ1v) is 9.39. The number of hydrogen-bond acceptors (Lipinski definition) is 5. The molecule has 0 heterocycles. The lowest BCUT2D eigenvalue weighted by molar-refractivity contribution is -0.385. The van der Waals surface area contributed by atoms with Crippen LogP contribution in [0.4, 0.5) is 5.69 Å². The van der Waals surface area contributed by atoms with Crippen LogP contribution >= 0.6 is 0 Å². The fourth-order valence-corrected chi connectivity index (χ4v) is 4.61. The van der Waals surface area contributed by atoms with Gasteiger partial charge in [-0.25, -0.2) is 13.1 Å². The van der Waals surface area contributed by atoms with E-state index in [-0.39, 0.29) is 17.1 Å². The molecule has 0 bridgehead atoms. The summed E-state index contributed by atoms with van der Waals surface area (Å²) in [5, 5.41) is 10.7. The van der Waals surface area contributed by atoms with Gasteiger partial charge in [-0.15, -0.1) is 0 Å². The lowest BCUT2D eigenvalue weighted by atomic mass is 9.84. The lowest BCUT2D eigenvalue weighted by Gasteiger charge is -2.39. The molecule has 0 amide bonds. The molecule has 0 spiro atoms. The molecular formula is C12H16N2O5S2. The predicted octanol–water partition coefficient (Wildman–Crippen LogP) is 1.17. The maximum Gasteiger partial charge on any atom is 0.270 e. The van der Waals surface area contributed by atoms with Crippen LogP contribution in [0, 0.1) is 10.1 Å². The second-order valence-corrected chi connectivity index (χ2v) is 8.61. The molecule has 21 heavy (non-hydrogen) atoms. The Morgan fingerprint density at radius 2 is 2.10 bits per heavy atom. The molecular weight excluding hydrogens is 316 g/mol. The molecule has 1 saturated carbocycles. The highest BCUT2D eigenvalue weighted by atomic mass is 32.2. The first kappa shape index (κ1) is 16.1. The molecule has 1 aromatic carbocycles. The molecule has 1 N–H and O–H groups in total. The topological polar surface area (TPSA) is 106 Å². The zero-order chi connectivity index (χ0) is 15.7. The number of nitro groups is 1. The minimum atomic E-state index is -3.85. The van der Waals surface area contributed by atoms with E-state index in [4.69, 9.17) is 0 Å². The summed E-state index contributed by atoms with van der Waals surface area (Å²) in [6.45, 7) is 0.0845. The molecule has 9 heteroatoms. The molecule has 1 fully saturated rings. The van der Waals surface area contributed by atoms with Crippen molar-refractivity contribution >= 4 is 26.5 Å². The smallest absolute Gasteiger partial charge is 0.259 e. The average Bonchev–Trinajstić information content (AvgIpc) is 2.37. The fourth-order valence-electron chi connectivity index (χ4n) is 2.21. The monoisotopic (exact) mass is 332 g/mol. The largest absolute Gasteiger partial charge is 0.270 e. The second-order valence-electron chi connectivity index (χ2n) is 5.07. The highest BCUT2D eigenvalue weighted by Gasteiger charge is 2.41. The number of nitro benzene ring substituents is 1. The molecule has 2 rings (SSSR count). The van der Waals surface area contributed by atoms with Gasteiger partial charge in [0.2, 0.25) is 10.0 Å². The van der Waals surface area contributed by atoms with E-state index in [2.05, 4.69) is 4.72 Å². The van der Waals surface area contributed by atoms with E-state index in [1.807, 2.05) is 0 Å². The highest BCUT2D eigenvalue weighted by Crippen LogP contribution is 2.36. The third-order valence-corrected chi connectivity index (χ3v) is 6.97. The zero-order valence-corrected chi connectivity index (χ0v) is 13.1. The van der Waals surface area contributed by atoms with Crippen molar-refractivity contribution in [3.63, 3.8) is 0 Å². The normalized spacial score (nSPS) is 18.7. The molecule has 1 aromatic rings. The van der Waals surface area contributed by atoms with Gasteiger partial charge < -0.3 is 0 Å². The van der Waals surface area contributed by atoms with Crippen LogP contribution in [0.15, 0.2) is 29.2 Å². The summed E-state index contributed by atoms with van der Waals surface area (Å²) < 4.78 is 38.0. The van der Waals surface area contributed by atoms with E-state index in [0.29, 0.717) is 12.8 Å². The standard InChI is InChI=1S/C12H16N2O5S2/c1-20(17)12(6-3-7-12)9-13-21(18,19)11-5-2-4-10(8-11)14(15)16/h2,4-5,8,13H,3,6-7,9H2,1H3. The molecule has 7 nitrogen and oxygen atoms in total. The molecule has 1 aliphatic rings. The van der Waals surface area contributed by atoms with Gasteiger partial charge in [-0.2, -0.15) is 0 Å². The van der Waals surface area contributed by atoms with Crippen molar-refractivity contribution in [2.45, 2.75) is 28.9 Å². The van der Waals surface area contributed by atoms with Crippen LogP contribution in [0.25, 0.3) is 0 Å². The average molecular weight is 332 g/mol. The first-order chi connectivity index (χ1) is 9.77.